The number of fused-ring (bicyclic) bond motifs is 2. The number of hydrogen-bond acceptors (Lipinski definition) is 0. The van der Waals surface area contributed by atoms with Crippen molar-refractivity contribution in [1.82, 2.24) is 0 Å². The summed E-state index contributed by atoms with van der Waals surface area (Å²) in [7, 11) is 0. The molecule has 2 aliphatic carbocycles. The molecule has 0 fully saturated rings. The summed E-state index contributed by atoms with van der Waals surface area (Å²) in [5.41, 5.74) is 16.7. The molecule has 0 amide bonds. The van der Waals surface area contributed by atoms with Gasteiger partial charge in [-0.05, 0) is 0 Å². The third-order valence-electron chi connectivity index (χ3n) is 11.2. The molecule has 0 saturated heterocycles. The van der Waals surface area contributed by atoms with E-state index in [1.807, 2.05) is 0 Å². The molecule has 0 heterocycles. The predicted octanol–water partition coefficient (Wildman–Crippen LogP) is 12.3. The zero-order chi connectivity index (χ0) is 30.8. The van der Waals surface area contributed by atoms with E-state index in [-0.39, 0.29) is 0 Å². The van der Waals surface area contributed by atoms with Crippen LogP contribution in [-0.4, -0.2) is 3.76 Å². The molecule has 2 atom stereocenters. The van der Waals surface area contributed by atoms with Crippen molar-refractivity contribution in [2.45, 2.75) is 69.4 Å². The molecule has 0 aromatic heterocycles. The summed E-state index contributed by atoms with van der Waals surface area (Å²) in [5.74, 6) is 0.627. The van der Waals surface area contributed by atoms with Crippen LogP contribution in [0.4, 0.5) is 0 Å². The van der Waals surface area contributed by atoms with Gasteiger partial charge < -0.3 is 0 Å². The summed E-state index contributed by atoms with van der Waals surface area (Å²) >= 11 is -4.54. The van der Waals surface area contributed by atoms with Crippen LogP contribution in [-0.2, 0) is 16.5 Å². The summed E-state index contributed by atoms with van der Waals surface area (Å²) in [4.78, 5) is 0. The normalized spacial score (nSPS) is 18.8. The molecule has 4 aromatic rings. The van der Waals surface area contributed by atoms with Gasteiger partial charge >= 0.3 is 259 Å². The van der Waals surface area contributed by atoms with Gasteiger partial charge in [0.2, 0.25) is 0 Å². The second kappa shape index (κ2) is 10.1. The number of hydrogen-bond donors (Lipinski definition) is 0. The van der Waals surface area contributed by atoms with Crippen molar-refractivity contribution in [3.05, 3.63) is 129 Å². The Hall–Kier alpha value is -2.90. The number of allylic oxidation sites excluding steroid dienone is 2. The van der Waals surface area contributed by atoms with Crippen molar-refractivity contribution in [2.75, 3.05) is 0 Å². The van der Waals surface area contributed by atoms with Crippen molar-refractivity contribution in [3.8, 4) is 22.3 Å². The fourth-order valence-electron chi connectivity index (χ4n) is 8.46. The SMILES string of the molecule is Cc1ccc(C)c(-c2cccc3c2C=C[CH]3[Hf]([CH3])([CH3])([CH3])(=[CH]CC(C)C)[CH]2C=Cc3c(-c4cc(C)ccc4C)cccc32)c1. The fraction of sp³-hybridized carbons (Fsp3) is 0.310. The molecule has 0 N–H and O–H groups in total. The molecule has 221 valence electrons. The van der Waals surface area contributed by atoms with Gasteiger partial charge in [0.15, 0.2) is 0 Å². The Morgan fingerprint density at radius 1 is 0.605 bits per heavy atom. The van der Waals surface area contributed by atoms with Crippen LogP contribution in [0.25, 0.3) is 34.4 Å². The summed E-state index contributed by atoms with van der Waals surface area (Å²) in [6.45, 7) is 13.7. The Kier molecular flexibility index (Phi) is 7.05. The third kappa shape index (κ3) is 4.87. The predicted molar refractivity (Wildman–Crippen MR) is 189 cm³/mol. The van der Waals surface area contributed by atoms with Gasteiger partial charge in [0.1, 0.15) is 0 Å². The average Bonchev–Trinajstić information content (AvgIpc) is 3.61. The van der Waals surface area contributed by atoms with Gasteiger partial charge in [-0.2, -0.15) is 0 Å². The van der Waals surface area contributed by atoms with Gasteiger partial charge in [-0.1, -0.05) is 0 Å². The average molecular weight is 732 g/mol. The van der Waals surface area contributed by atoms with Crippen LogP contribution in [0.1, 0.15) is 72.1 Å². The minimum absolute atomic E-state index is 0.416. The van der Waals surface area contributed by atoms with Crippen LogP contribution in [0.3, 0.4) is 0 Å². The van der Waals surface area contributed by atoms with Gasteiger partial charge in [0.25, 0.3) is 0 Å². The van der Waals surface area contributed by atoms with Crippen LogP contribution in [0.2, 0.25) is 14.0 Å². The first-order valence-corrected chi connectivity index (χ1v) is 33.3. The fourth-order valence-corrected chi connectivity index (χ4v) is 34.4. The van der Waals surface area contributed by atoms with Crippen LogP contribution in [0.15, 0.2) is 84.9 Å². The van der Waals surface area contributed by atoms with Gasteiger partial charge in [-0.3, -0.25) is 0 Å². The van der Waals surface area contributed by atoms with Crippen LogP contribution < -0.4 is 0 Å². The number of aryl methyl sites for hydroxylation is 4. The standard InChI is InChI=1S/2C17H15.C5H10.3CH3.Hf/c2*1-12-9-10-13(2)17(11-12)16-8-4-6-14-5-3-7-15(14)16;1-4-5(2)3;;;;/h2*3-11H,1-2H3;1,5H,4H2,2-3H3;3*1H3;. The maximum absolute atomic E-state index is 4.54. The molecule has 1 heteroatoms. The van der Waals surface area contributed by atoms with Crippen LogP contribution in [0.5, 0.6) is 0 Å². The maximum atomic E-state index is 2.91. The summed E-state index contributed by atoms with van der Waals surface area (Å²) in [5, 5.41) is 0. The quantitative estimate of drug-likeness (QED) is 0.173. The Labute approximate surface area is 258 Å². The van der Waals surface area contributed by atoms with Crippen molar-refractivity contribution >= 4 is 15.9 Å². The zero-order valence-electron chi connectivity index (χ0n) is 27.8. The van der Waals surface area contributed by atoms with Gasteiger partial charge in [-0.15, -0.1) is 0 Å². The van der Waals surface area contributed by atoms with E-state index < -0.39 is 16.5 Å². The Morgan fingerprint density at radius 3 is 1.47 bits per heavy atom. The van der Waals surface area contributed by atoms with E-state index in [1.54, 1.807) is 0 Å². The molecule has 0 radical (unpaired) electrons. The van der Waals surface area contributed by atoms with Crippen molar-refractivity contribution in [2.24, 2.45) is 5.92 Å². The van der Waals surface area contributed by atoms with E-state index >= 15 is 0 Å². The Bertz CT molecular complexity index is 1800. The number of rotatable bonds is 6. The molecule has 43 heavy (non-hydrogen) atoms. The molecule has 2 aliphatic rings. The van der Waals surface area contributed by atoms with Crippen molar-refractivity contribution in [1.29, 1.82) is 0 Å². The molecule has 0 spiro atoms. The first-order valence-electron chi connectivity index (χ1n) is 16.3. The van der Waals surface area contributed by atoms with E-state index in [9.17, 15) is 0 Å². The zero-order valence-corrected chi connectivity index (χ0v) is 31.3. The Morgan fingerprint density at radius 2 is 1.05 bits per heavy atom. The monoisotopic (exact) mass is 733 g/mol. The van der Waals surface area contributed by atoms with E-state index in [0.717, 1.165) is 6.42 Å². The second-order valence-electron chi connectivity index (χ2n) is 16.4. The third-order valence-corrected chi connectivity index (χ3v) is 40.4. The first-order chi connectivity index (χ1) is 20.2. The molecule has 0 saturated carbocycles. The van der Waals surface area contributed by atoms with Gasteiger partial charge in [0.05, 0.1) is 0 Å². The molecule has 0 nitrogen and oxygen atoms in total. The summed E-state index contributed by atoms with van der Waals surface area (Å²) in [6.07, 6.45) is 11.3. The number of benzene rings is 4. The molecule has 0 aliphatic heterocycles. The summed E-state index contributed by atoms with van der Waals surface area (Å²) < 4.78 is 12.0. The van der Waals surface area contributed by atoms with Gasteiger partial charge in [0, 0.05) is 0 Å². The Balaban J connectivity index is 1.58. The summed E-state index contributed by atoms with van der Waals surface area (Å²) in [6, 6.07) is 27.9. The van der Waals surface area contributed by atoms with E-state index in [1.165, 1.54) is 66.8 Å². The first kappa shape index (κ1) is 30.1. The van der Waals surface area contributed by atoms with E-state index in [2.05, 4.69) is 156 Å². The topological polar surface area (TPSA) is 0 Å². The van der Waals surface area contributed by atoms with E-state index in [0.29, 0.717) is 13.3 Å². The molecule has 6 rings (SSSR count). The molecule has 4 aromatic carbocycles. The van der Waals surface area contributed by atoms with Crippen LogP contribution in [0, 0.1) is 33.6 Å². The van der Waals surface area contributed by atoms with Crippen molar-refractivity contribution < 1.29 is 16.5 Å². The molecule has 0 bridgehead atoms. The minimum atomic E-state index is -4.54. The molecular weight excluding hydrogens is 683 g/mol. The van der Waals surface area contributed by atoms with Gasteiger partial charge in [-0.25, -0.2) is 0 Å². The molecular formula is C42H49Hf. The van der Waals surface area contributed by atoms with Crippen molar-refractivity contribution in [3.63, 3.8) is 0 Å². The van der Waals surface area contributed by atoms with E-state index in [4.69, 9.17) is 0 Å². The second-order valence-corrected chi connectivity index (χ2v) is 55.3. The molecule has 2 unspecified atom stereocenters. The van der Waals surface area contributed by atoms with Crippen LogP contribution >= 0.6 is 0 Å².